The van der Waals surface area contributed by atoms with E-state index in [9.17, 15) is 19.0 Å². The van der Waals surface area contributed by atoms with Gasteiger partial charge < -0.3 is 18.9 Å². The van der Waals surface area contributed by atoms with Crippen LogP contribution in [0.2, 0.25) is 0 Å². The third-order valence-corrected chi connectivity index (χ3v) is 12.0. The molecule has 2 unspecified atom stereocenters. The lowest BCUT2D eigenvalue weighted by Crippen LogP contribution is -2.37. The molecule has 0 bridgehead atoms. The summed E-state index contributed by atoms with van der Waals surface area (Å²) < 4.78 is 34.4. The lowest BCUT2D eigenvalue weighted by molar-refractivity contribution is -0.870. The van der Waals surface area contributed by atoms with E-state index in [1.807, 2.05) is 21.1 Å². The Bertz CT molecular complexity index is 1530. The van der Waals surface area contributed by atoms with E-state index in [-0.39, 0.29) is 32.0 Å². The van der Waals surface area contributed by atoms with Crippen LogP contribution in [0.25, 0.3) is 0 Å². The minimum atomic E-state index is -4.40. The zero-order valence-electron chi connectivity index (χ0n) is 44.5. The smallest absolute Gasteiger partial charge is 0.462 e. The van der Waals surface area contributed by atoms with Gasteiger partial charge in [-0.3, -0.25) is 18.6 Å². The average molecular weight is 983 g/mol. The van der Waals surface area contributed by atoms with E-state index in [0.717, 1.165) is 116 Å². The average Bonchev–Trinajstić information content (AvgIpc) is 3.31. The maximum absolute atomic E-state index is 12.8. The summed E-state index contributed by atoms with van der Waals surface area (Å²) in [6.45, 7) is 4.26. The van der Waals surface area contributed by atoms with Gasteiger partial charge in [0.15, 0.2) is 6.10 Å². The van der Waals surface area contributed by atoms with Crippen LogP contribution in [0.3, 0.4) is 0 Å². The van der Waals surface area contributed by atoms with Crippen molar-refractivity contribution < 1.29 is 42.1 Å². The number of likely N-dealkylation sites (N-methyl/N-ethyl adjacent to an activating group) is 1. The molecule has 0 aromatic carbocycles. The first-order chi connectivity index (χ1) is 33.5. The lowest BCUT2D eigenvalue weighted by atomic mass is 10.1. The molecule has 0 aromatic rings. The zero-order valence-corrected chi connectivity index (χ0v) is 45.4. The van der Waals surface area contributed by atoms with Crippen LogP contribution >= 0.6 is 7.82 Å². The molecule has 0 heterocycles. The van der Waals surface area contributed by atoms with Crippen molar-refractivity contribution in [3.63, 3.8) is 0 Å². The molecule has 0 fully saturated rings. The van der Waals surface area contributed by atoms with Gasteiger partial charge in [-0.05, 0) is 103 Å². The van der Waals surface area contributed by atoms with E-state index in [0.29, 0.717) is 17.4 Å². The number of hydrogen-bond donors (Lipinski definition) is 1. The van der Waals surface area contributed by atoms with E-state index >= 15 is 0 Å². The third-order valence-electron chi connectivity index (χ3n) is 11.0. The maximum atomic E-state index is 12.8. The molecular weight excluding hydrogens is 882 g/mol. The summed E-state index contributed by atoms with van der Waals surface area (Å²) in [7, 11) is 1.44. The Morgan fingerprint density at radius 2 is 0.826 bits per heavy atom. The molecule has 0 saturated heterocycles. The molecule has 0 aliphatic heterocycles. The van der Waals surface area contributed by atoms with Crippen LogP contribution in [0.15, 0.2) is 109 Å². The number of unbranched alkanes of at least 4 members (excludes halogenated alkanes) is 16. The summed E-state index contributed by atoms with van der Waals surface area (Å²) in [6.07, 6.45) is 68.6. The van der Waals surface area contributed by atoms with E-state index in [1.54, 1.807) is 0 Å². The van der Waals surface area contributed by atoms with Crippen LogP contribution in [-0.2, 0) is 32.7 Å². The fraction of sp³-hybridized carbons (Fsp3) is 0.661. The number of hydrogen-bond acceptors (Lipinski definition) is 7. The number of ether oxygens (including phenoxy) is 2. The highest BCUT2D eigenvalue weighted by Crippen LogP contribution is 2.43. The van der Waals surface area contributed by atoms with Gasteiger partial charge in [-0.15, -0.1) is 0 Å². The first-order valence-electron chi connectivity index (χ1n) is 27.1. The minimum absolute atomic E-state index is 0.0191. The summed E-state index contributed by atoms with van der Waals surface area (Å²) in [4.78, 5) is 35.6. The first-order valence-corrected chi connectivity index (χ1v) is 28.6. The summed E-state index contributed by atoms with van der Waals surface area (Å²) in [5, 5.41) is 0. The van der Waals surface area contributed by atoms with Crippen molar-refractivity contribution in [2.75, 3.05) is 47.5 Å². The zero-order chi connectivity index (χ0) is 50.6. The SMILES string of the molecule is CC/C=C\C/C=C\C/C=C\C/C=C\C/C=C\C/C=C\C/C=C\C/C=C\CCCCCCC(=O)OC(COC(=O)CCCCCCC/C=C\CCCCCCCCC)COP(=O)(O)OCC[N+](C)(C)C. The second kappa shape index (κ2) is 49.6. The van der Waals surface area contributed by atoms with Gasteiger partial charge in [0.2, 0.25) is 0 Å². The largest absolute Gasteiger partial charge is 0.472 e. The molecule has 2 atom stereocenters. The van der Waals surface area contributed by atoms with Crippen LogP contribution in [0.5, 0.6) is 0 Å². The van der Waals surface area contributed by atoms with Gasteiger partial charge in [0, 0.05) is 12.8 Å². The monoisotopic (exact) mass is 983 g/mol. The second-order valence-electron chi connectivity index (χ2n) is 18.9. The first kappa shape index (κ1) is 65.7. The molecule has 0 spiro atoms. The minimum Gasteiger partial charge on any atom is -0.462 e. The van der Waals surface area contributed by atoms with Crippen molar-refractivity contribution >= 4 is 19.8 Å². The summed E-state index contributed by atoms with van der Waals surface area (Å²) >= 11 is 0. The number of phosphoric acid groups is 1. The van der Waals surface area contributed by atoms with Crippen LogP contribution < -0.4 is 0 Å². The molecule has 0 aliphatic carbocycles. The topological polar surface area (TPSA) is 108 Å². The van der Waals surface area contributed by atoms with Gasteiger partial charge in [-0.2, -0.15) is 0 Å². The maximum Gasteiger partial charge on any atom is 0.472 e. The van der Waals surface area contributed by atoms with Gasteiger partial charge in [0.25, 0.3) is 0 Å². The van der Waals surface area contributed by atoms with Crippen molar-refractivity contribution in [3.8, 4) is 0 Å². The van der Waals surface area contributed by atoms with E-state index in [2.05, 4.69) is 123 Å². The number of carbonyl (C=O) groups is 2. The van der Waals surface area contributed by atoms with E-state index in [4.69, 9.17) is 18.5 Å². The predicted molar refractivity (Wildman–Crippen MR) is 293 cm³/mol. The van der Waals surface area contributed by atoms with Gasteiger partial charge in [-0.1, -0.05) is 194 Å². The van der Waals surface area contributed by atoms with Crippen LogP contribution in [0.1, 0.15) is 200 Å². The summed E-state index contributed by atoms with van der Waals surface area (Å²) in [5.41, 5.74) is 0. The third kappa shape index (κ3) is 53.9. The normalized spacial score (nSPS) is 14.2. The molecule has 0 rings (SSSR count). The number of quaternary nitrogens is 1. The van der Waals surface area contributed by atoms with Crippen LogP contribution in [-0.4, -0.2) is 74.9 Å². The van der Waals surface area contributed by atoms with Crippen molar-refractivity contribution in [3.05, 3.63) is 109 Å². The summed E-state index contributed by atoms with van der Waals surface area (Å²) in [5.74, 6) is -0.844. The number of rotatable bonds is 48. The molecule has 0 radical (unpaired) electrons. The van der Waals surface area contributed by atoms with Crippen molar-refractivity contribution in [2.24, 2.45) is 0 Å². The molecule has 9 nitrogen and oxygen atoms in total. The highest BCUT2D eigenvalue weighted by atomic mass is 31.2. The number of allylic oxidation sites excluding steroid dienone is 18. The van der Waals surface area contributed by atoms with Gasteiger partial charge in [0.05, 0.1) is 27.7 Å². The molecule has 10 heteroatoms. The van der Waals surface area contributed by atoms with Crippen LogP contribution in [0.4, 0.5) is 0 Å². The van der Waals surface area contributed by atoms with Crippen LogP contribution in [0, 0.1) is 0 Å². The molecule has 0 aliphatic rings. The fourth-order valence-corrected chi connectivity index (χ4v) is 7.59. The number of nitrogens with zero attached hydrogens (tertiary/aromatic N) is 1. The standard InChI is InChI=1S/C59H100NO8P/c1-6-8-10-12-14-16-18-20-22-24-25-26-27-28-29-30-31-32-33-34-35-36-38-40-42-44-46-48-50-52-59(62)68-57(56-67-69(63,64)66-54-53-60(3,4)5)55-65-58(61)51-49-47-45-43-41-39-37-23-21-19-17-15-13-11-9-7-2/h8,10,14,16,20,22-23,25-26,28-29,31-32,34-35,37-38,40,57H,6-7,9,11-13,15,17-19,21,24,27,30,33,36,39,41-56H2,1-5H3/p+1/b10-8-,16-14-,22-20-,26-25-,29-28-,32-31-,35-34-,37-23-,40-38-. The molecule has 0 amide bonds. The molecular formula is C59H101NO8P+. The van der Waals surface area contributed by atoms with Crippen molar-refractivity contribution in [1.29, 1.82) is 0 Å². The molecule has 0 saturated carbocycles. The fourth-order valence-electron chi connectivity index (χ4n) is 6.85. The predicted octanol–water partition coefficient (Wildman–Crippen LogP) is 16.6. The van der Waals surface area contributed by atoms with Gasteiger partial charge >= 0.3 is 19.8 Å². The Morgan fingerprint density at radius 3 is 1.25 bits per heavy atom. The quantitative estimate of drug-likeness (QED) is 0.0211. The highest BCUT2D eigenvalue weighted by Gasteiger charge is 2.27. The number of phosphoric ester groups is 1. The Labute approximate surface area is 423 Å². The van der Waals surface area contributed by atoms with Gasteiger partial charge in [0.1, 0.15) is 19.8 Å². The van der Waals surface area contributed by atoms with Gasteiger partial charge in [-0.25, -0.2) is 4.57 Å². The molecule has 394 valence electrons. The number of esters is 2. The lowest BCUT2D eigenvalue weighted by Gasteiger charge is -2.24. The Kier molecular flexibility index (Phi) is 47.2. The Morgan fingerprint density at radius 1 is 0.464 bits per heavy atom. The summed E-state index contributed by atoms with van der Waals surface area (Å²) in [6, 6.07) is 0. The van der Waals surface area contributed by atoms with Crippen molar-refractivity contribution in [2.45, 2.75) is 206 Å². The van der Waals surface area contributed by atoms with Crippen molar-refractivity contribution in [1.82, 2.24) is 0 Å². The van der Waals surface area contributed by atoms with E-state index in [1.165, 1.54) is 51.4 Å². The Hall–Kier alpha value is -3.33. The molecule has 0 aromatic heterocycles. The van der Waals surface area contributed by atoms with E-state index < -0.39 is 26.5 Å². The highest BCUT2D eigenvalue weighted by molar-refractivity contribution is 7.47. The molecule has 69 heavy (non-hydrogen) atoms. The second-order valence-corrected chi connectivity index (χ2v) is 20.3. The molecule has 1 N–H and O–H groups in total. The number of carbonyl (C=O) groups excluding carboxylic acids is 2. The Balaban J connectivity index is 4.31.